The molecule has 2 rings (SSSR count). The van der Waals surface area contributed by atoms with Crippen LogP contribution < -0.4 is 16.0 Å². The Morgan fingerprint density at radius 1 is 1.25 bits per heavy atom. The number of halogens is 2. The molecule has 2 atom stereocenters. The van der Waals surface area contributed by atoms with Crippen molar-refractivity contribution in [1.82, 2.24) is 14.9 Å². The number of carbonyl (C=O) groups excluding carboxylic acids is 1. The van der Waals surface area contributed by atoms with E-state index in [4.69, 9.17) is 33.9 Å². The highest BCUT2D eigenvalue weighted by molar-refractivity contribution is 6.18. The lowest BCUT2D eigenvalue weighted by Crippen LogP contribution is -2.49. The summed E-state index contributed by atoms with van der Waals surface area (Å²) >= 11 is 11.8. The van der Waals surface area contributed by atoms with Crippen LogP contribution in [0, 0.1) is 5.92 Å². The minimum absolute atomic E-state index is 0.141. The molecule has 0 aliphatic carbocycles. The predicted molar refractivity (Wildman–Crippen MR) is 130 cm³/mol. The number of rotatable bonds is 13. The summed E-state index contributed by atoms with van der Waals surface area (Å²) in [5.74, 6) is 0.436. The number of nitrogens with one attached hydrogen (secondary N) is 1. The Morgan fingerprint density at radius 2 is 1.91 bits per heavy atom. The summed E-state index contributed by atoms with van der Waals surface area (Å²) in [7, 11) is 1.92. The highest BCUT2D eigenvalue weighted by Crippen LogP contribution is 2.23. The maximum absolute atomic E-state index is 12.4. The lowest BCUT2D eigenvalue weighted by Gasteiger charge is -2.22. The number of carbonyl (C=O) groups is 2. The van der Waals surface area contributed by atoms with Crippen molar-refractivity contribution in [2.45, 2.75) is 45.2 Å². The number of aliphatic carboxylic acids is 1. The van der Waals surface area contributed by atoms with Crippen LogP contribution in [0.25, 0.3) is 11.0 Å². The zero-order valence-corrected chi connectivity index (χ0v) is 20.4. The van der Waals surface area contributed by atoms with Crippen molar-refractivity contribution < 1.29 is 14.7 Å². The Morgan fingerprint density at radius 3 is 2.47 bits per heavy atom. The van der Waals surface area contributed by atoms with E-state index in [1.165, 1.54) is 0 Å². The maximum atomic E-state index is 12.4. The molecule has 1 heterocycles. The van der Waals surface area contributed by atoms with E-state index in [0.29, 0.717) is 44.1 Å². The van der Waals surface area contributed by atoms with Gasteiger partial charge in [0.05, 0.1) is 17.1 Å². The third kappa shape index (κ3) is 6.98. The summed E-state index contributed by atoms with van der Waals surface area (Å²) in [6.45, 7) is 5.20. The highest BCUT2D eigenvalue weighted by atomic mass is 35.5. The van der Waals surface area contributed by atoms with Crippen LogP contribution >= 0.6 is 23.2 Å². The maximum Gasteiger partial charge on any atom is 0.326 e. The van der Waals surface area contributed by atoms with Gasteiger partial charge in [-0.15, -0.1) is 23.2 Å². The number of nitrogens with two attached hydrogens (primary N) is 1. The first kappa shape index (κ1) is 26.2. The van der Waals surface area contributed by atoms with Crippen LogP contribution in [0.3, 0.4) is 0 Å². The summed E-state index contributed by atoms with van der Waals surface area (Å²) < 4.78 is 1.98. The average Bonchev–Trinajstić information content (AvgIpc) is 3.05. The Labute approximate surface area is 199 Å². The summed E-state index contributed by atoms with van der Waals surface area (Å²) in [5, 5.41) is 11.9. The Kier molecular flexibility index (Phi) is 10.1. The number of aromatic nitrogens is 2. The topological polar surface area (TPSA) is 113 Å². The molecule has 0 saturated carbocycles. The molecule has 2 aromatic rings. The molecule has 10 heteroatoms. The molecule has 0 aliphatic rings. The van der Waals surface area contributed by atoms with Gasteiger partial charge in [0, 0.05) is 44.0 Å². The number of nitrogens with zero attached hydrogens (tertiary/aromatic N) is 3. The van der Waals surface area contributed by atoms with Gasteiger partial charge in [-0.3, -0.25) is 4.79 Å². The van der Waals surface area contributed by atoms with Gasteiger partial charge >= 0.3 is 5.97 Å². The molecule has 0 bridgehead atoms. The molecule has 8 nitrogen and oxygen atoms in total. The van der Waals surface area contributed by atoms with E-state index in [9.17, 15) is 14.7 Å². The van der Waals surface area contributed by atoms with Gasteiger partial charge in [0.25, 0.3) is 0 Å². The van der Waals surface area contributed by atoms with E-state index in [0.717, 1.165) is 22.5 Å². The Bertz CT molecular complexity index is 912. The van der Waals surface area contributed by atoms with Crippen molar-refractivity contribution in [3.63, 3.8) is 0 Å². The first-order chi connectivity index (χ1) is 15.2. The second-order valence-electron chi connectivity index (χ2n) is 8.30. The van der Waals surface area contributed by atoms with Crippen LogP contribution in [-0.4, -0.2) is 63.5 Å². The number of benzene rings is 1. The van der Waals surface area contributed by atoms with Crippen LogP contribution in [-0.2, 0) is 23.1 Å². The summed E-state index contributed by atoms with van der Waals surface area (Å²) in [5.41, 5.74) is 8.87. The molecule has 4 N–H and O–H groups in total. The smallest absolute Gasteiger partial charge is 0.326 e. The number of carboxylic acids is 1. The van der Waals surface area contributed by atoms with Gasteiger partial charge < -0.3 is 25.6 Å². The van der Waals surface area contributed by atoms with Crippen molar-refractivity contribution in [3.8, 4) is 0 Å². The molecule has 178 valence electrons. The molecule has 1 amide bonds. The molecule has 1 aromatic carbocycles. The van der Waals surface area contributed by atoms with Crippen LogP contribution in [0.15, 0.2) is 18.2 Å². The first-order valence-electron chi connectivity index (χ1n) is 10.8. The van der Waals surface area contributed by atoms with E-state index in [2.05, 4.69) is 10.2 Å². The summed E-state index contributed by atoms with van der Waals surface area (Å²) in [6, 6.07) is 4.28. The van der Waals surface area contributed by atoms with E-state index in [-0.39, 0.29) is 5.92 Å². The second kappa shape index (κ2) is 12.3. The van der Waals surface area contributed by atoms with Gasteiger partial charge in [-0.2, -0.15) is 0 Å². The normalized spacial score (nSPS) is 13.3. The third-order valence-electron chi connectivity index (χ3n) is 5.37. The second-order valence-corrected chi connectivity index (χ2v) is 9.06. The van der Waals surface area contributed by atoms with E-state index in [1.807, 2.05) is 43.7 Å². The minimum Gasteiger partial charge on any atom is -0.480 e. The van der Waals surface area contributed by atoms with Gasteiger partial charge in [-0.05, 0) is 37.0 Å². The van der Waals surface area contributed by atoms with Crippen molar-refractivity contribution in [3.05, 3.63) is 24.0 Å². The largest absolute Gasteiger partial charge is 0.480 e. The number of hydrogen-bond donors (Lipinski definition) is 3. The fourth-order valence-corrected chi connectivity index (χ4v) is 4.03. The van der Waals surface area contributed by atoms with Crippen LogP contribution in [0.5, 0.6) is 0 Å². The predicted octanol–water partition coefficient (Wildman–Crippen LogP) is 2.73. The van der Waals surface area contributed by atoms with E-state index < -0.39 is 24.0 Å². The Balaban J connectivity index is 2.08. The summed E-state index contributed by atoms with van der Waals surface area (Å²) in [4.78, 5) is 30.6. The molecule has 0 radical (unpaired) electrons. The number of hydrogen-bond acceptors (Lipinski definition) is 5. The Hall–Kier alpha value is -2.03. The van der Waals surface area contributed by atoms with Crippen LogP contribution in [0.2, 0.25) is 0 Å². The van der Waals surface area contributed by atoms with Crippen molar-refractivity contribution >= 4 is 51.8 Å². The molecule has 32 heavy (non-hydrogen) atoms. The molecule has 0 aliphatic heterocycles. The zero-order chi connectivity index (χ0) is 23.8. The number of carboxylic acid groups (broad SMARTS) is 1. The number of anilines is 1. The number of amides is 1. The third-order valence-corrected chi connectivity index (χ3v) is 5.71. The number of fused-ring (bicyclic) bond motifs is 1. The van der Waals surface area contributed by atoms with E-state index >= 15 is 0 Å². The molecule has 0 saturated heterocycles. The number of alkyl halides is 2. The molecular weight excluding hydrogens is 453 g/mol. The summed E-state index contributed by atoms with van der Waals surface area (Å²) in [6.07, 6.45) is 1.20. The zero-order valence-electron chi connectivity index (χ0n) is 18.9. The first-order valence-corrected chi connectivity index (χ1v) is 11.9. The van der Waals surface area contributed by atoms with E-state index in [1.54, 1.807) is 0 Å². The van der Waals surface area contributed by atoms with Crippen LogP contribution in [0.4, 0.5) is 5.69 Å². The fourth-order valence-electron chi connectivity index (χ4n) is 3.62. The molecule has 0 unspecified atom stereocenters. The van der Waals surface area contributed by atoms with Crippen molar-refractivity contribution in [2.24, 2.45) is 18.7 Å². The SMILES string of the molecule is CC(C)C[C@H](NC(=O)[C@@H](N)CCc1nc2cc(N(CCCl)CCCl)ccc2n1C)C(=O)O. The van der Waals surface area contributed by atoms with Gasteiger partial charge in [0.1, 0.15) is 11.9 Å². The van der Waals surface area contributed by atoms with Gasteiger partial charge in [-0.25, -0.2) is 9.78 Å². The van der Waals surface area contributed by atoms with Crippen LogP contribution in [0.1, 0.15) is 32.5 Å². The number of imidazole rings is 1. The molecule has 0 fully saturated rings. The van der Waals surface area contributed by atoms with Gasteiger partial charge in [-0.1, -0.05) is 13.8 Å². The quantitative estimate of drug-likeness (QED) is 0.376. The monoisotopic (exact) mass is 485 g/mol. The lowest BCUT2D eigenvalue weighted by atomic mass is 10.0. The standard InChI is InChI=1S/C22H33Cl2N5O3/c1-14(2)12-18(22(31)32)27-21(30)16(25)5-7-20-26-17-13-15(4-6-19(17)28(20)3)29(10-8-23)11-9-24/h4,6,13-14,16,18H,5,7-12,25H2,1-3H3,(H,27,30)(H,31,32)/t16-,18-/m0/s1. The van der Waals surface area contributed by atoms with Crippen molar-refractivity contribution in [2.75, 3.05) is 29.7 Å². The van der Waals surface area contributed by atoms with Gasteiger partial charge in [0.15, 0.2) is 0 Å². The number of aryl methyl sites for hydroxylation is 2. The van der Waals surface area contributed by atoms with Crippen molar-refractivity contribution in [1.29, 1.82) is 0 Å². The average molecular weight is 486 g/mol. The lowest BCUT2D eigenvalue weighted by molar-refractivity contribution is -0.142. The molecular formula is C22H33Cl2N5O3. The molecule has 1 aromatic heterocycles. The fraction of sp³-hybridized carbons (Fsp3) is 0.591. The minimum atomic E-state index is -1.05. The highest BCUT2D eigenvalue weighted by Gasteiger charge is 2.24. The molecule has 0 spiro atoms. The van der Waals surface area contributed by atoms with Gasteiger partial charge in [0.2, 0.25) is 5.91 Å².